The fourth-order valence-electron chi connectivity index (χ4n) is 2.45. The Labute approximate surface area is 133 Å². The Kier molecular flexibility index (Phi) is 5.60. The Balaban J connectivity index is 2.04. The molecule has 0 aliphatic carbocycles. The van der Waals surface area contributed by atoms with E-state index in [1.54, 1.807) is 6.92 Å². The van der Waals surface area contributed by atoms with Gasteiger partial charge in [0.25, 0.3) is 5.91 Å². The maximum absolute atomic E-state index is 13.8. The van der Waals surface area contributed by atoms with Crippen molar-refractivity contribution < 1.29 is 18.7 Å². The van der Waals surface area contributed by atoms with Gasteiger partial charge in [0.05, 0.1) is 12.2 Å². The average Bonchev–Trinajstić information content (AvgIpc) is 2.49. The van der Waals surface area contributed by atoms with Crippen molar-refractivity contribution in [1.29, 1.82) is 0 Å². The molecule has 1 saturated heterocycles. The number of halogens is 2. The normalized spacial score (nSPS) is 18.0. The lowest BCUT2D eigenvalue weighted by atomic mass is 10.0. The van der Waals surface area contributed by atoms with Gasteiger partial charge >= 0.3 is 6.09 Å². The summed E-state index contributed by atoms with van der Waals surface area (Å²) in [6.07, 6.45) is 0.974. The molecule has 0 radical (unpaired) electrons. The number of carbonyl (C=O) groups is 2. The molecule has 1 aliphatic rings. The van der Waals surface area contributed by atoms with Gasteiger partial charge in [-0.05, 0) is 38.0 Å². The molecule has 1 aliphatic heterocycles. The number of carbonyl (C=O) groups excluding carboxylic acids is 2. The van der Waals surface area contributed by atoms with E-state index in [2.05, 4.69) is 5.32 Å². The first-order valence-electron chi connectivity index (χ1n) is 7.19. The number of nitrogens with zero attached hydrogens (tertiary/aromatic N) is 1. The van der Waals surface area contributed by atoms with Gasteiger partial charge in [-0.15, -0.1) is 0 Å². The predicted molar refractivity (Wildman–Crippen MR) is 80.5 cm³/mol. The van der Waals surface area contributed by atoms with Crippen LogP contribution in [0.25, 0.3) is 0 Å². The van der Waals surface area contributed by atoms with Crippen LogP contribution in [0, 0.1) is 5.82 Å². The smallest absolute Gasteiger partial charge is 0.407 e. The quantitative estimate of drug-likeness (QED) is 0.928. The number of nitrogens with one attached hydrogen (secondary N) is 1. The van der Waals surface area contributed by atoms with Crippen LogP contribution in [0.1, 0.15) is 30.1 Å². The van der Waals surface area contributed by atoms with E-state index in [4.69, 9.17) is 16.3 Å². The van der Waals surface area contributed by atoms with Crippen molar-refractivity contribution in [3.8, 4) is 0 Å². The van der Waals surface area contributed by atoms with E-state index in [0.29, 0.717) is 18.1 Å². The summed E-state index contributed by atoms with van der Waals surface area (Å²) in [7, 11) is 0. The maximum atomic E-state index is 13.8. The van der Waals surface area contributed by atoms with Gasteiger partial charge < -0.3 is 15.0 Å². The molecule has 1 aromatic carbocycles. The number of alkyl carbamates (subject to hydrolysis) is 1. The van der Waals surface area contributed by atoms with Crippen molar-refractivity contribution in [1.82, 2.24) is 10.2 Å². The van der Waals surface area contributed by atoms with E-state index in [1.807, 2.05) is 0 Å². The van der Waals surface area contributed by atoms with Gasteiger partial charge in [0.2, 0.25) is 0 Å². The van der Waals surface area contributed by atoms with Crippen LogP contribution in [0.2, 0.25) is 5.02 Å². The van der Waals surface area contributed by atoms with Gasteiger partial charge in [-0.2, -0.15) is 0 Å². The summed E-state index contributed by atoms with van der Waals surface area (Å²) in [6, 6.07) is 3.70. The van der Waals surface area contributed by atoms with Gasteiger partial charge in [0.1, 0.15) is 5.82 Å². The maximum Gasteiger partial charge on any atom is 0.407 e. The second-order valence-electron chi connectivity index (χ2n) is 5.08. The second-order valence-corrected chi connectivity index (χ2v) is 5.52. The molecule has 0 saturated carbocycles. The summed E-state index contributed by atoms with van der Waals surface area (Å²) in [5.41, 5.74) is -0.0516. The third-order valence-corrected chi connectivity index (χ3v) is 3.70. The van der Waals surface area contributed by atoms with Crippen LogP contribution in [0.5, 0.6) is 0 Å². The molecule has 1 fully saturated rings. The topological polar surface area (TPSA) is 58.6 Å². The Morgan fingerprint density at radius 1 is 1.50 bits per heavy atom. The van der Waals surface area contributed by atoms with Crippen molar-refractivity contribution in [2.75, 3.05) is 19.7 Å². The number of hydrogen-bond acceptors (Lipinski definition) is 3. The van der Waals surface area contributed by atoms with Crippen LogP contribution in [-0.4, -0.2) is 42.6 Å². The number of amides is 2. The third-order valence-electron chi connectivity index (χ3n) is 3.46. The summed E-state index contributed by atoms with van der Waals surface area (Å²) < 4.78 is 18.6. The minimum absolute atomic E-state index is 0.0516. The first-order valence-corrected chi connectivity index (χ1v) is 7.56. The summed E-state index contributed by atoms with van der Waals surface area (Å²) in [4.78, 5) is 25.4. The van der Waals surface area contributed by atoms with Crippen molar-refractivity contribution >= 4 is 23.6 Å². The van der Waals surface area contributed by atoms with Crippen LogP contribution < -0.4 is 5.32 Å². The molecule has 1 atom stereocenters. The van der Waals surface area contributed by atoms with Crippen molar-refractivity contribution in [3.05, 3.63) is 34.6 Å². The van der Waals surface area contributed by atoms with Gasteiger partial charge in [0.15, 0.2) is 0 Å². The minimum Gasteiger partial charge on any atom is -0.450 e. The number of benzene rings is 1. The lowest BCUT2D eigenvalue weighted by Crippen LogP contribution is -2.49. The number of piperidine rings is 1. The predicted octanol–water partition coefficient (Wildman–Crippen LogP) is 2.83. The lowest BCUT2D eigenvalue weighted by molar-refractivity contribution is 0.0681. The monoisotopic (exact) mass is 328 g/mol. The highest BCUT2D eigenvalue weighted by Gasteiger charge is 2.27. The fourth-order valence-corrected chi connectivity index (χ4v) is 2.62. The zero-order chi connectivity index (χ0) is 16.1. The van der Waals surface area contributed by atoms with E-state index < -0.39 is 17.8 Å². The largest absolute Gasteiger partial charge is 0.450 e. The lowest BCUT2D eigenvalue weighted by Gasteiger charge is -2.33. The number of hydrogen-bond donors (Lipinski definition) is 1. The molecule has 7 heteroatoms. The van der Waals surface area contributed by atoms with Crippen LogP contribution in [0.3, 0.4) is 0 Å². The number of likely N-dealkylation sites (tertiary alicyclic amines) is 1. The molecule has 1 N–H and O–H groups in total. The summed E-state index contributed by atoms with van der Waals surface area (Å²) in [5, 5.41) is 3.02. The molecule has 1 heterocycles. The molecule has 0 aromatic heterocycles. The van der Waals surface area contributed by atoms with Crippen LogP contribution in [-0.2, 0) is 4.74 Å². The van der Waals surface area contributed by atoms with E-state index in [1.165, 1.54) is 23.1 Å². The zero-order valence-corrected chi connectivity index (χ0v) is 13.0. The molecule has 2 amide bonds. The second kappa shape index (κ2) is 7.45. The number of rotatable bonds is 3. The SMILES string of the molecule is CCOC(=O)NC1CCCN(C(=O)c2cc(Cl)ccc2F)C1. The van der Waals surface area contributed by atoms with E-state index in [9.17, 15) is 14.0 Å². The summed E-state index contributed by atoms with van der Waals surface area (Å²) in [5.74, 6) is -1.02. The molecule has 1 aromatic rings. The molecule has 0 bridgehead atoms. The molecule has 1 unspecified atom stereocenters. The standard InChI is InChI=1S/C15H18ClFN2O3/c1-2-22-15(21)18-11-4-3-7-19(9-11)14(20)12-8-10(16)5-6-13(12)17/h5-6,8,11H,2-4,7,9H2,1H3,(H,18,21). The van der Waals surface area contributed by atoms with Gasteiger partial charge in [-0.25, -0.2) is 9.18 Å². The van der Waals surface area contributed by atoms with Crippen molar-refractivity contribution in [2.45, 2.75) is 25.8 Å². The number of ether oxygens (including phenoxy) is 1. The molecule has 120 valence electrons. The van der Waals surface area contributed by atoms with Crippen molar-refractivity contribution in [3.63, 3.8) is 0 Å². The Hall–Kier alpha value is -1.82. The van der Waals surface area contributed by atoms with Gasteiger partial charge in [-0.3, -0.25) is 4.79 Å². The molecule has 22 heavy (non-hydrogen) atoms. The summed E-state index contributed by atoms with van der Waals surface area (Å²) >= 11 is 5.82. The summed E-state index contributed by atoms with van der Waals surface area (Å²) in [6.45, 7) is 2.85. The highest BCUT2D eigenvalue weighted by molar-refractivity contribution is 6.31. The molecule has 5 nitrogen and oxygen atoms in total. The van der Waals surface area contributed by atoms with Crippen LogP contribution in [0.4, 0.5) is 9.18 Å². The van der Waals surface area contributed by atoms with E-state index in [-0.39, 0.29) is 18.2 Å². The minimum atomic E-state index is -0.602. The first-order chi connectivity index (χ1) is 10.5. The highest BCUT2D eigenvalue weighted by Crippen LogP contribution is 2.19. The molecule has 2 rings (SSSR count). The third kappa shape index (κ3) is 4.10. The molecule has 0 spiro atoms. The van der Waals surface area contributed by atoms with Crippen molar-refractivity contribution in [2.24, 2.45) is 0 Å². The Bertz CT molecular complexity index is 568. The molecular formula is C15H18ClFN2O3. The van der Waals surface area contributed by atoms with Crippen LogP contribution >= 0.6 is 11.6 Å². The fraction of sp³-hybridized carbons (Fsp3) is 0.467. The molecular weight excluding hydrogens is 311 g/mol. The van der Waals surface area contributed by atoms with E-state index >= 15 is 0 Å². The average molecular weight is 329 g/mol. The highest BCUT2D eigenvalue weighted by atomic mass is 35.5. The van der Waals surface area contributed by atoms with Crippen LogP contribution in [0.15, 0.2) is 18.2 Å². The Morgan fingerprint density at radius 3 is 3.00 bits per heavy atom. The first kappa shape index (κ1) is 16.5. The van der Waals surface area contributed by atoms with Gasteiger partial charge in [0, 0.05) is 24.2 Å². The van der Waals surface area contributed by atoms with E-state index in [0.717, 1.165) is 12.8 Å². The zero-order valence-electron chi connectivity index (χ0n) is 12.3. The van der Waals surface area contributed by atoms with Gasteiger partial charge in [-0.1, -0.05) is 11.6 Å². The Morgan fingerprint density at radius 2 is 2.27 bits per heavy atom.